The van der Waals surface area contributed by atoms with E-state index in [0.29, 0.717) is 5.06 Å². The molecule has 0 aliphatic rings. The Morgan fingerprint density at radius 3 is 2.77 bits per heavy atom. The molecular formula is C19H21N3O3S. The molecule has 0 bridgehead atoms. The summed E-state index contributed by atoms with van der Waals surface area (Å²) in [6.07, 6.45) is 2.60. The highest BCUT2D eigenvalue weighted by Gasteiger charge is 2.16. The highest BCUT2D eigenvalue weighted by molar-refractivity contribution is 7.13. The molecule has 0 unspecified atom stereocenters. The van der Waals surface area contributed by atoms with E-state index in [1.165, 1.54) is 11.3 Å². The number of nitrogens with one attached hydrogen (secondary N) is 1. The van der Waals surface area contributed by atoms with Gasteiger partial charge in [-0.3, -0.25) is 0 Å². The molecule has 0 aliphatic heterocycles. The number of amides is 1. The fraction of sp³-hybridized carbons (Fsp3) is 0.316. The van der Waals surface area contributed by atoms with E-state index in [4.69, 9.17) is 9.26 Å². The van der Waals surface area contributed by atoms with Crippen molar-refractivity contribution in [2.24, 2.45) is 0 Å². The number of nitrogens with zero attached hydrogens (tertiary/aromatic N) is 2. The summed E-state index contributed by atoms with van der Waals surface area (Å²) in [5, 5.41) is 8.28. The fourth-order valence-corrected chi connectivity index (χ4v) is 3.32. The lowest BCUT2D eigenvalue weighted by Gasteiger charge is -2.06. The molecule has 136 valence electrons. The third-order valence-corrected chi connectivity index (χ3v) is 4.69. The van der Waals surface area contributed by atoms with Crippen LogP contribution in [-0.2, 0) is 12.8 Å². The Balaban J connectivity index is 1.65. The van der Waals surface area contributed by atoms with E-state index in [1.807, 2.05) is 51.1 Å². The van der Waals surface area contributed by atoms with Gasteiger partial charge in [0.25, 0.3) is 0 Å². The SMILES string of the molecule is Cc1onc(-c2ccccc2)c1CCc1ncc(OC(=O)NC(C)C)s1. The van der Waals surface area contributed by atoms with Crippen molar-refractivity contribution < 1.29 is 14.1 Å². The largest absolute Gasteiger partial charge is 0.413 e. The minimum Gasteiger partial charge on any atom is -0.397 e. The van der Waals surface area contributed by atoms with Crippen LogP contribution in [0.2, 0.25) is 0 Å². The first kappa shape index (κ1) is 18.1. The molecule has 0 radical (unpaired) electrons. The van der Waals surface area contributed by atoms with Gasteiger partial charge in [-0.25, -0.2) is 9.78 Å². The predicted octanol–water partition coefficient (Wildman–Crippen LogP) is 4.39. The van der Waals surface area contributed by atoms with Crippen molar-refractivity contribution in [3.05, 3.63) is 52.9 Å². The Morgan fingerprint density at radius 2 is 2.04 bits per heavy atom. The molecule has 0 aliphatic carbocycles. The molecule has 6 nitrogen and oxygen atoms in total. The molecule has 1 aromatic carbocycles. The van der Waals surface area contributed by atoms with Crippen LogP contribution in [0.25, 0.3) is 11.3 Å². The van der Waals surface area contributed by atoms with Crippen molar-refractivity contribution in [3.8, 4) is 16.3 Å². The molecule has 3 rings (SSSR count). The van der Waals surface area contributed by atoms with E-state index >= 15 is 0 Å². The number of aromatic nitrogens is 2. The van der Waals surface area contributed by atoms with Crippen LogP contribution in [0.1, 0.15) is 30.2 Å². The molecule has 1 amide bonds. The second-order valence-electron chi connectivity index (χ2n) is 6.19. The van der Waals surface area contributed by atoms with E-state index in [-0.39, 0.29) is 6.04 Å². The van der Waals surface area contributed by atoms with Crippen LogP contribution in [0, 0.1) is 6.92 Å². The number of carbonyl (C=O) groups is 1. The summed E-state index contributed by atoms with van der Waals surface area (Å²) in [5.41, 5.74) is 2.98. The van der Waals surface area contributed by atoms with Gasteiger partial charge >= 0.3 is 6.09 Å². The average Bonchev–Trinajstić information content (AvgIpc) is 3.19. The second kappa shape index (κ2) is 8.14. The number of carbonyl (C=O) groups excluding carboxylic acids is 1. The van der Waals surface area contributed by atoms with E-state index in [1.54, 1.807) is 6.20 Å². The number of hydrogen-bond acceptors (Lipinski definition) is 6. The Labute approximate surface area is 156 Å². The van der Waals surface area contributed by atoms with Crippen molar-refractivity contribution in [2.75, 3.05) is 0 Å². The number of hydrogen-bond donors (Lipinski definition) is 1. The van der Waals surface area contributed by atoms with Crippen LogP contribution in [-0.4, -0.2) is 22.3 Å². The van der Waals surface area contributed by atoms with Gasteiger partial charge in [0.15, 0.2) is 0 Å². The lowest BCUT2D eigenvalue weighted by atomic mass is 10.0. The maximum absolute atomic E-state index is 11.6. The van der Waals surface area contributed by atoms with Crippen LogP contribution in [0.15, 0.2) is 41.1 Å². The van der Waals surface area contributed by atoms with Crippen molar-refractivity contribution in [1.82, 2.24) is 15.5 Å². The Kier molecular flexibility index (Phi) is 5.68. The van der Waals surface area contributed by atoms with Gasteiger partial charge < -0.3 is 14.6 Å². The number of ether oxygens (including phenoxy) is 1. The summed E-state index contributed by atoms with van der Waals surface area (Å²) in [7, 11) is 0. The topological polar surface area (TPSA) is 77.2 Å². The van der Waals surface area contributed by atoms with Gasteiger partial charge in [-0.15, -0.1) is 0 Å². The second-order valence-corrected chi connectivity index (χ2v) is 7.27. The standard InChI is InChI=1S/C19H21N3O3S/c1-12(2)21-19(23)24-17-11-20-16(26-17)10-9-15-13(3)25-22-18(15)14-7-5-4-6-8-14/h4-8,11-12H,9-10H2,1-3H3,(H,21,23). The third-order valence-electron chi connectivity index (χ3n) is 3.75. The number of rotatable bonds is 6. The smallest absolute Gasteiger partial charge is 0.397 e. The summed E-state index contributed by atoms with van der Waals surface area (Å²) in [4.78, 5) is 16.0. The maximum atomic E-state index is 11.6. The summed E-state index contributed by atoms with van der Waals surface area (Å²) < 4.78 is 10.6. The highest BCUT2D eigenvalue weighted by atomic mass is 32.1. The van der Waals surface area contributed by atoms with Gasteiger partial charge in [0.1, 0.15) is 11.5 Å². The number of benzene rings is 1. The molecule has 3 aromatic rings. The van der Waals surface area contributed by atoms with Crippen LogP contribution < -0.4 is 10.1 Å². The predicted molar refractivity (Wildman–Crippen MR) is 100 cm³/mol. The Bertz CT molecular complexity index is 871. The zero-order valence-electron chi connectivity index (χ0n) is 15.0. The molecular weight excluding hydrogens is 350 g/mol. The van der Waals surface area contributed by atoms with Gasteiger partial charge in [0, 0.05) is 23.6 Å². The van der Waals surface area contributed by atoms with E-state index in [0.717, 1.165) is 40.4 Å². The molecule has 26 heavy (non-hydrogen) atoms. The monoisotopic (exact) mass is 371 g/mol. The van der Waals surface area contributed by atoms with Crippen LogP contribution >= 0.6 is 11.3 Å². The first-order valence-corrected chi connectivity index (χ1v) is 9.28. The van der Waals surface area contributed by atoms with E-state index < -0.39 is 6.09 Å². The van der Waals surface area contributed by atoms with E-state index in [2.05, 4.69) is 15.5 Å². The molecule has 2 heterocycles. The molecule has 0 fully saturated rings. The van der Waals surface area contributed by atoms with Crippen molar-refractivity contribution >= 4 is 17.4 Å². The summed E-state index contributed by atoms with van der Waals surface area (Å²) in [6, 6.07) is 10.0. The zero-order valence-corrected chi connectivity index (χ0v) is 15.8. The molecule has 0 atom stereocenters. The van der Waals surface area contributed by atoms with Crippen molar-refractivity contribution in [2.45, 2.75) is 39.7 Å². The summed E-state index contributed by atoms with van der Waals surface area (Å²) >= 11 is 1.37. The normalized spacial score (nSPS) is 10.9. The van der Waals surface area contributed by atoms with Gasteiger partial charge in [0.2, 0.25) is 5.06 Å². The molecule has 0 spiro atoms. The fourth-order valence-electron chi connectivity index (χ4n) is 2.55. The lowest BCUT2D eigenvalue weighted by Crippen LogP contribution is -2.32. The highest BCUT2D eigenvalue weighted by Crippen LogP contribution is 2.28. The number of aryl methyl sites for hydroxylation is 2. The average molecular weight is 371 g/mol. The van der Waals surface area contributed by atoms with E-state index in [9.17, 15) is 4.79 Å². The lowest BCUT2D eigenvalue weighted by molar-refractivity contribution is 0.199. The van der Waals surface area contributed by atoms with Crippen LogP contribution in [0.3, 0.4) is 0 Å². The van der Waals surface area contributed by atoms with Gasteiger partial charge in [-0.1, -0.05) is 46.8 Å². The molecule has 0 saturated heterocycles. The molecule has 2 aromatic heterocycles. The molecule has 7 heteroatoms. The quantitative estimate of drug-likeness (QED) is 0.695. The zero-order chi connectivity index (χ0) is 18.5. The van der Waals surface area contributed by atoms with Crippen LogP contribution in [0.5, 0.6) is 5.06 Å². The minimum absolute atomic E-state index is 0.0304. The Morgan fingerprint density at radius 1 is 1.27 bits per heavy atom. The summed E-state index contributed by atoms with van der Waals surface area (Å²) in [6.45, 7) is 5.68. The van der Waals surface area contributed by atoms with Gasteiger partial charge in [0.05, 0.1) is 11.2 Å². The molecule has 0 saturated carbocycles. The van der Waals surface area contributed by atoms with Crippen molar-refractivity contribution in [1.29, 1.82) is 0 Å². The van der Waals surface area contributed by atoms with Crippen LogP contribution in [0.4, 0.5) is 4.79 Å². The van der Waals surface area contributed by atoms with Gasteiger partial charge in [-0.05, 0) is 27.2 Å². The summed E-state index contributed by atoms with van der Waals surface area (Å²) in [5.74, 6) is 0.813. The minimum atomic E-state index is -0.462. The Hall–Kier alpha value is -2.67. The molecule has 1 N–H and O–H groups in total. The van der Waals surface area contributed by atoms with Crippen molar-refractivity contribution in [3.63, 3.8) is 0 Å². The number of thiazole rings is 1. The first-order valence-electron chi connectivity index (χ1n) is 8.46. The first-order chi connectivity index (χ1) is 12.5. The maximum Gasteiger partial charge on any atom is 0.413 e. The van der Waals surface area contributed by atoms with Gasteiger partial charge in [-0.2, -0.15) is 0 Å². The third kappa shape index (κ3) is 4.49.